The van der Waals surface area contributed by atoms with Crippen molar-refractivity contribution in [1.82, 2.24) is 0 Å². The molecule has 0 atom stereocenters. The average molecular weight is 326 g/mol. The van der Waals surface area contributed by atoms with Gasteiger partial charge in [0, 0.05) is 31.1 Å². The van der Waals surface area contributed by atoms with Gasteiger partial charge in [-0.1, -0.05) is 40.5 Å². The van der Waals surface area contributed by atoms with Crippen molar-refractivity contribution in [3.63, 3.8) is 0 Å². The molecule has 0 aromatic rings. The summed E-state index contributed by atoms with van der Waals surface area (Å²) in [6.45, 7) is 8.50. The van der Waals surface area contributed by atoms with Crippen LogP contribution in [0.2, 0.25) is 0 Å². The Morgan fingerprint density at radius 1 is 0.714 bits per heavy atom. The van der Waals surface area contributed by atoms with Crippen LogP contribution in [0.5, 0.6) is 0 Å². The van der Waals surface area contributed by atoms with Crippen LogP contribution in [0.15, 0.2) is 0 Å². The minimum atomic E-state index is 0. The van der Waals surface area contributed by atoms with Gasteiger partial charge in [-0.05, 0) is 0 Å². The van der Waals surface area contributed by atoms with E-state index in [2.05, 4.69) is 27.7 Å². The molecule has 0 saturated heterocycles. The van der Waals surface area contributed by atoms with Gasteiger partial charge in [0.1, 0.15) is 0 Å². The van der Waals surface area contributed by atoms with Gasteiger partial charge in [-0.2, -0.15) is 0 Å². The van der Waals surface area contributed by atoms with E-state index < -0.39 is 0 Å². The number of rotatable bonds is 0. The molecular formula is C6H16U. The first kappa shape index (κ1) is 15.7. The average Bonchev–Trinajstić information content (AvgIpc) is 1.39. The Kier molecular flexibility index (Phi) is 62.2. The quantitative estimate of drug-likeness (QED) is 0.642. The van der Waals surface area contributed by atoms with Gasteiger partial charge in [-0.3, -0.25) is 0 Å². The van der Waals surface area contributed by atoms with Crippen LogP contribution < -0.4 is 0 Å². The molecule has 0 spiro atoms. The third-order valence-corrected chi connectivity index (χ3v) is 0. The Bertz CT molecular complexity index is 6.14. The van der Waals surface area contributed by atoms with Gasteiger partial charge in [-0.25, -0.2) is 0 Å². The molecule has 44 valence electrons. The zero-order chi connectivity index (χ0) is 5.41. The predicted molar refractivity (Wildman–Crippen MR) is 31.9 cm³/mol. The molecule has 7 heavy (non-hydrogen) atoms. The van der Waals surface area contributed by atoms with Crippen molar-refractivity contribution in [2.75, 3.05) is 0 Å². The van der Waals surface area contributed by atoms with Gasteiger partial charge in [0.2, 0.25) is 0 Å². The van der Waals surface area contributed by atoms with Crippen LogP contribution in [0, 0.1) is 31.1 Å². The molecule has 0 rings (SSSR count). The summed E-state index contributed by atoms with van der Waals surface area (Å²) in [6, 6.07) is 0. The number of hydrogen-bond acceptors (Lipinski definition) is 0. The standard InChI is InChI=1S/2C3H8.U/c2*1-3-2;/h2*3H2,1-2H3;. The Morgan fingerprint density at radius 3 is 0.714 bits per heavy atom. The number of hydrogen-bond donors (Lipinski definition) is 0. The topological polar surface area (TPSA) is 0 Å². The third kappa shape index (κ3) is 163. The Balaban J connectivity index is -0.0000000400. The largest absolute Gasteiger partial charge is 0.0656 e. The molecule has 0 amide bonds. The first-order valence-corrected chi connectivity index (χ1v) is 2.83. The van der Waals surface area contributed by atoms with Crippen LogP contribution in [0.4, 0.5) is 0 Å². The van der Waals surface area contributed by atoms with Crippen LogP contribution >= 0.6 is 0 Å². The van der Waals surface area contributed by atoms with Crippen LogP contribution in [-0.4, -0.2) is 0 Å². The van der Waals surface area contributed by atoms with E-state index in [1.807, 2.05) is 0 Å². The summed E-state index contributed by atoms with van der Waals surface area (Å²) < 4.78 is 0. The Hall–Kier alpha value is 1.05. The summed E-state index contributed by atoms with van der Waals surface area (Å²) in [7, 11) is 0. The molecule has 0 aliphatic carbocycles. The van der Waals surface area contributed by atoms with E-state index in [1.165, 1.54) is 12.8 Å². The fraction of sp³-hybridized carbons (Fsp3) is 1.00. The first-order chi connectivity index (χ1) is 2.83. The minimum Gasteiger partial charge on any atom is -0.0656 e. The van der Waals surface area contributed by atoms with Crippen molar-refractivity contribution in [1.29, 1.82) is 0 Å². The van der Waals surface area contributed by atoms with Crippen molar-refractivity contribution in [2.24, 2.45) is 0 Å². The van der Waals surface area contributed by atoms with Crippen molar-refractivity contribution in [2.45, 2.75) is 40.5 Å². The zero-order valence-electron chi connectivity index (χ0n) is 5.91. The molecule has 0 radical (unpaired) electrons. The maximum absolute atomic E-state index is 2.12. The fourth-order valence-electron chi connectivity index (χ4n) is 0. The molecule has 0 saturated carbocycles. The molecule has 0 bridgehead atoms. The van der Waals surface area contributed by atoms with E-state index in [-0.39, 0.29) is 31.1 Å². The maximum Gasteiger partial charge on any atom is 0 e. The van der Waals surface area contributed by atoms with Gasteiger partial charge in [-0.15, -0.1) is 0 Å². The molecular weight excluding hydrogens is 310 g/mol. The van der Waals surface area contributed by atoms with E-state index in [0.717, 1.165) is 0 Å². The smallest absolute Gasteiger partial charge is 0 e. The zero-order valence-corrected chi connectivity index (χ0v) is 10.1. The minimum absolute atomic E-state index is 0. The molecule has 0 fully saturated rings. The molecule has 0 unspecified atom stereocenters. The van der Waals surface area contributed by atoms with Crippen molar-refractivity contribution in [3.8, 4) is 0 Å². The van der Waals surface area contributed by atoms with Gasteiger partial charge in [0.25, 0.3) is 0 Å². The molecule has 0 aromatic carbocycles. The fourth-order valence-corrected chi connectivity index (χ4v) is 0. The van der Waals surface area contributed by atoms with Crippen LogP contribution in [-0.2, 0) is 0 Å². The SMILES string of the molecule is CCC.CCC.[U]. The van der Waals surface area contributed by atoms with Crippen LogP contribution in [0.3, 0.4) is 0 Å². The summed E-state index contributed by atoms with van der Waals surface area (Å²) in [5.41, 5.74) is 0. The van der Waals surface area contributed by atoms with E-state index in [1.54, 1.807) is 0 Å². The second kappa shape index (κ2) is 27.7. The molecule has 0 N–H and O–H groups in total. The van der Waals surface area contributed by atoms with E-state index in [9.17, 15) is 0 Å². The van der Waals surface area contributed by atoms with E-state index in [4.69, 9.17) is 0 Å². The summed E-state index contributed by atoms with van der Waals surface area (Å²) in [4.78, 5) is 0. The predicted octanol–water partition coefficient (Wildman–Crippen LogP) is 2.83. The van der Waals surface area contributed by atoms with E-state index >= 15 is 0 Å². The monoisotopic (exact) mass is 326 g/mol. The first-order valence-electron chi connectivity index (χ1n) is 2.83. The van der Waals surface area contributed by atoms with Gasteiger partial charge < -0.3 is 0 Å². The molecule has 0 nitrogen and oxygen atoms in total. The summed E-state index contributed by atoms with van der Waals surface area (Å²) >= 11 is 0. The maximum atomic E-state index is 2.12. The summed E-state index contributed by atoms with van der Waals surface area (Å²) in [5, 5.41) is 0. The van der Waals surface area contributed by atoms with Crippen LogP contribution in [0.1, 0.15) is 40.5 Å². The summed E-state index contributed by atoms with van der Waals surface area (Å²) in [6.07, 6.45) is 2.50. The van der Waals surface area contributed by atoms with Crippen molar-refractivity contribution in [3.05, 3.63) is 0 Å². The van der Waals surface area contributed by atoms with Crippen LogP contribution in [0.25, 0.3) is 0 Å². The second-order valence-electron chi connectivity index (χ2n) is 1.41. The Labute approximate surface area is 71.4 Å². The van der Waals surface area contributed by atoms with Crippen molar-refractivity contribution < 1.29 is 31.1 Å². The van der Waals surface area contributed by atoms with Crippen molar-refractivity contribution >= 4 is 0 Å². The molecule has 1 heteroatoms. The molecule has 0 heterocycles. The van der Waals surface area contributed by atoms with Gasteiger partial charge in [0.05, 0.1) is 0 Å². The summed E-state index contributed by atoms with van der Waals surface area (Å²) in [5.74, 6) is 0. The van der Waals surface area contributed by atoms with Gasteiger partial charge in [0.15, 0.2) is 0 Å². The molecule has 0 aromatic heterocycles. The molecule has 0 aliphatic rings. The Morgan fingerprint density at radius 2 is 0.714 bits per heavy atom. The molecule has 0 aliphatic heterocycles. The second-order valence-corrected chi connectivity index (χ2v) is 1.41. The van der Waals surface area contributed by atoms with E-state index in [0.29, 0.717) is 0 Å². The van der Waals surface area contributed by atoms with Gasteiger partial charge >= 0.3 is 0 Å². The third-order valence-electron chi connectivity index (χ3n) is 0. The normalized spacial score (nSPS) is 5.14.